The van der Waals surface area contributed by atoms with E-state index in [1.165, 1.54) is 88.7 Å². The van der Waals surface area contributed by atoms with Gasteiger partial charge in [0.1, 0.15) is 0 Å². The van der Waals surface area contributed by atoms with E-state index in [4.69, 9.17) is 0 Å². The zero-order chi connectivity index (χ0) is 36.6. The minimum absolute atomic E-state index is 0.286. The normalized spacial score (nSPS) is 13.8. The molecule has 55 heavy (non-hydrogen) atoms. The van der Waals surface area contributed by atoms with E-state index in [1.807, 2.05) is 0 Å². The Morgan fingerprint density at radius 1 is 0.382 bits per heavy atom. The lowest BCUT2D eigenvalue weighted by Crippen LogP contribution is -2.07. The molecule has 1 unspecified atom stereocenters. The Labute approximate surface area is 322 Å². The minimum atomic E-state index is 0.286. The molecule has 10 rings (SSSR count). The number of fused-ring (bicyclic) bond motifs is 2. The summed E-state index contributed by atoms with van der Waals surface area (Å²) in [6, 6.07) is 71.2. The molecular weight excluding hydrogens is 663 g/mol. The van der Waals surface area contributed by atoms with Crippen molar-refractivity contribution in [2.45, 2.75) is 12.3 Å². The quantitative estimate of drug-likeness (QED) is 0.146. The molecule has 0 radical (unpaired) electrons. The van der Waals surface area contributed by atoms with Crippen LogP contribution in [0.4, 0.5) is 0 Å². The molecule has 8 aromatic carbocycles. The maximum Gasteiger partial charge on any atom is 0.0531 e. The third-order valence-corrected chi connectivity index (χ3v) is 11.1. The SMILES string of the molecule is C1=CCC(c2ccc(-c3ccccc3)n2-c2cc(-c3ccc(-c4ccccc4)cc3)c3cc4cccc(-c5ccc(-c6ccccc6)cc5)c4cc3c2)C=C1. The van der Waals surface area contributed by atoms with Crippen LogP contribution in [0, 0.1) is 0 Å². The summed E-state index contributed by atoms with van der Waals surface area (Å²) in [5.74, 6) is 0.286. The summed E-state index contributed by atoms with van der Waals surface area (Å²) < 4.78 is 2.50. The number of rotatable bonds is 7. The molecule has 0 fully saturated rings. The van der Waals surface area contributed by atoms with Gasteiger partial charge in [0.05, 0.1) is 5.69 Å². The van der Waals surface area contributed by atoms with Gasteiger partial charge in [-0.3, -0.25) is 0 Å². The number of allylic oxidation sites excluding steroid dienone is 4. The Balaban J connectivity index is 1.19. The molecule has 1 aliphatic rings. The Hall–Kier alpha value is -6.96. The van der Waals surface area contributed by atoms with E-state index < -0.39 is 0 Å². The van der Waals surface area contributed by atoms with Crippen molar-refractivity contribution in [2.24, 2.45) is 0 Å². The van der Waals surface area contributed by atoms with Gasteiger partial charge in [-0.2, -0.15) is 0 Å². The number of aromatic nitrogens is 1. The molecule has 1 aromatic heterocycles. The largest absolute Gasteiger partial charge is 0.313 e. The zero-order valence-corrected chi connectivity index (χ0v) is 30.5. The average Bonchev–Trinajstić information content (AvgIpc) is 3.72. The highest BCUT2D eigenvalue weighted by Crippen LogP contribution is 2.41. The molecule has 1 atom stereocenters. The molecular formula is C54H39N. The van der Waals surface area contributed by atoms with Crippen LogP contribution in [-0.4, -0.2) is 4.57 Å². The molecule has 0 amide bonds. The van der Waals surface area contributed by atoms with Gasteiger partial charge >= 0.3 is 0 Å². The summed E-state index contributed by atoms with van der Waals surface area (Å²) in [6.45, 7) is 0. The van der Waals surface area contributed by atoms with Gasteiger partial charge in [-0.15, -0.1) is 0 Å². The molecule has 1 heterocycles. The topological polar surface area (TPSA) is 4.93 Å². The van der Waals surface area contributed by atoms with Crippen LogP contribution in [-0.2, 0) is 0 Å². The molecule has 1 aliphatic carbocycles. The highest BCUT2D eigenvalue weighted by atomic mass is 15.0. The third-order valence-electron chi connectivity index (χ3n) is 11.1. The van der Waals surface area contributed by atoms with Crippen LogP contribution >= 0.6 is 0 Å². The van der Waals surface area contributed by atoms with E-state index in [1.54, 1.807) is 0 Å². The summed E-state index contributed by atoms with van der Waals surface area (Å²) in [5.41, 5.74) is 14.6. The fraction of sp³-hybridized carbons (Fsp3) is 0.0370. The number of nitrogens with zero attached hydrogens (tertiary/aromatic N) is 1. The van der Waals surface area contributed by atoms with E-state index in [-0.39, 0.29) is 5.92 Å². The third kappa shape index (κ3) is 6.20. The summed E-state index contributed by atoms with van der Waals surface area (Å²) in [7, 11) is 0. The van der Waals surface area contributed by atoms with Gasteiger partial charge in [0, 0.05) is 17.3 Å². The van der Waals surface area contributed by atoms with Crippen molar-refractivity contribution in [3.8, 4) is 61.5 Å². The molecule has 260 valence electrons. The van der Waals surface area contributed by atoms with E-state index in [2.05, 4.69) is 223 Å². The van der Waals surface area contributed by atoms with Crippen LogP contribution in [0.3, 0.4) is 0 Å². The summed E-state index contributed by atoms with van der Waals surface area (Å²) in [5, 5.41) is 4.95. The lowest BCUT2D eigenvalue weighted by atomic mass is 9.90. The molecule has 0 aliphatic heterocycles. The summed E-state index contributed by atoms with van der Waals surface area (Å²) in [4.78, 5) is 0. The second-order valence-electron chi connectivity index (χ2n) is 14.5. The highest BCUT2D eigenvalue weighted by Gasteiger charge is 2.20. The number of hydrogen-bond donors (Lipinski definition) is 0. The fourth-order valence-electron chi connectivity index (χ4n) is 8.35. The Morgan fingerprint density at radius 2 is 0.927 bits per heavy atom. The molecule has 1 heteroatoms. The summed E-state index contributed by atoms with van der Waals surface area (Å²) >= 11 is 0. The van der Waals surface area contributed by atoms with Gasteiger partial charge in [-0.25, -0.2) is 0 Å². The monoisotopic (exact) mass is 701 g/mol. The van der Waals surface area contributed by atoms with Crippen LogP contribution in [0.15, 0.2) is 218 Å². The van der Waals surface area contributed by atoms with Crippen LogP contribution in [0.1, 0.15) is 18.0 Å². The van der Waals surface area contributed by atoms with E-state index >= 15 is 0 Å². The van der Waals surface area contributed by atoms with Crippen molar-refractivity contribution in [1.82, 2.24) is 4.57 Å². The van der Waals surface area contributed by atoms with Gasteiger partial charge in [-0.05, 0) is 114 Å². The van der Waals surface area contributed by atoms with Crippen molar-refractivity contribution < 1.29 is 0 Å². The first-order chi connectivity index (χ1) is 27.3. The van der Waals surface area contributed by atoms with Crippen molar-refractivity contribution >= 4 is 21.5 Å². The molecule has 0 saturated heterocycles. The van der Waals surface area contributed by atoms with Crippen molar-refractivity contribution in [3.05, 3.63) is 224 Å². The first kappa shape index (κ1) is 32.7. The lowest BCUT2D eigenvalue weighted by molar-refractivity contribution is 0.787. The fourth-order valence-corrected chi connectivity index (χ4v) is 8.35. The maximum absolute atomic E-state index is 2.50. The number of hydrogen-bond acceptors (Lipinski definition) is 0. The van der Waals surface area contributed by atoms with Crippen molar-refractivity contribution in [3.63, 3.8) is 0 Å². The molecule has 1 nitrogen and oxygen atoms in total. The van der Waals surface area contributed by atoms with Gasteiger partial charge in [0.25, 0.3) is 0 Å². The standard InChI is InChI=1S/C54H39N/c1-5-14-38(15-6-1)40-24-28-42(29-25-40)49-23-13-22-46-35-51-47(36-50(46)49)34-48(37-52(51)43-30-26-41(27-31-43)39-16-7-2-8-17-39)55-53(44-18-9-3-10-19-44)32-33-54(55)45-20-11-4-12-21-45/h1-20,22-37,45H,21H2. The van der Waals surface area contributed by atoms with Crippen molar-refractivity contribution in [2.75, 3.05) is 0 Å². The Bertz CT molecular complexity index is 2840. The molecule has 0 bridgehead atoms. The van der Waals surface area contributed by atoms with Gasteiger partial charge in [0.2, 0.25) is 0 Å². The van der Waals surface area contributed by atoms with Gasteiger partial charge in [0.15, 0.2) is 0 Å². The second-order valence-corrected chi connectivity index (χ2v) is 14.5. The second kappa shape index (κ2) is 14.1. The highest BCUT2D eigenvalue weighted by molar-refractivity contribution is 6.10. The van der Waals surface area contributed by atoms with E-state index in [0.717, 1.165) is 6.42 Å². The first-order valence-corrected chi connectivity index (χ1v) is 19.2. The van der Waals surface area contributed by atoms with Gasteiger partial charge in [-0.1, -0.05) is 182 Å². The van der Waals surface area contributed by atoms with Crippen LogP contribution in [0.25, 0.3) is 83.0 Å². The van der Waals surface area contributed by atoms with Crippen LogP contribution < -0.4 is 0 Å². The van der Waals surface area contributed by atoms with E-state index in [0.29, 0.717) is 0 Å². The molecule has 0 N–H and O–H groups in total. The van der Waals surface area contributed by atoms with Crippen LogP contribution in [0.2, 0.25) is 0 Å². The van der Waals surface area contributed by atoms with Crippen molar-refractivity contribution in [1.29, 1.82) is 0 Å². The Kier molecular flexibility index (Phi) is 8.39. The molecule has 9 aromatic rings. The summed E-state index contributed by atoms with van der Waals surface area (Å²) in [6.07, 6.45) is 9.95. The average molecular weight is 702 g/mol. The predicted molar refractivity (Wildman–Crippen MR) is 234 cm³/mol. The molecule has 0 saturated carbocycles. The lowest BCUT2D eigenvalue weighted by Gasteiger charge is -2.21. The number of benzene rings is 8. The molecule has 0 spiro atoms. The smallest absolute Gasteiger partial charge is 0.0531 e. The van der Waals surface area contributed by atoms with E-state index in [9.17, 15) is 0 Å². The first-order valence-electron chi connectivity index (χ1n) is 19.2. The Morgan fingerprint density at radius 3 is 1.55 bits per heavy atom. The van der Waals surface area contributed by atoms with Crippen LogP contribution in [0.5, 0.6) is 0 Å². The predicted octanol–water partition coefficient (Wildman–Crippen LogP) is 14.7. The van der Waals surface area contributed by atoms with Gasteiger partial charge < -0.3 is 4.57 Å². The minimum Gasteiger partial charge on any atom is -0.313 e. The zero-order valence-electron chi connectivity index (χ0n) is 30.5. The maximum atomic E-state index is 2.50.